The molecule has 0 radical (unpaired) electrons. The van der Waals surface area contributed by atoms with Crippen molar-refractivity contribution in [3.63, 3.8) is 0 Å². The van der Waals surface area contributed by atoms with Gasteiger partial charge >= 0.3 is 0 Å². The second kappa shape index (κ2) is 6.86. The third-order valence-corrected chi connectivity index (χ3v) is 3.77. The first-order valence-electron chi connectivity index (χ1n) is 7.20. The van der Waals surface area contributed by atoms with E-state index in [9.17, 15) is 0 Å². The Bertz CT molecular complexity index is 619. The molecule has 4 N–H and O–H groups in total. The number of rotatable bonds is 3. The first-order valence-corrected chi connectivity index (χ1v) is 7.20. The molecule has 0 aliphatic heterocycles. The lowest BCUT2D eigenvalue weighted by Gasteiger charge is -2.21. The number of nitrogen functional groups attached to an aromatic ring is 2. The summed E-state index contributed by atoms with van der Waals surface area (Å²) in [6.45, 7) is 8.79. The van der Waals surface area contributed by atoms with E-state index in [0.717, 1.165) is 22.5 Å². The molecule has 0 aromatic heterocycles. The van der Waals surface area contributed by atoms with Crippen LogP contribution in [0.2, 0.25) is 0 Å². The number of hydrogen-bond donors (Lipinski definition) is 2. The molecule has 2 aromatic carbocycles. The van der Waals surface area contributed by atoms with Crippen LogP contribution in [0.15, 0.2) is 36.4 Å². The van der Waals surface area contributed by atoms with Crippen molar-refractivity contribution in [3.8, 4) is 11.1 Å². The fraction of sp³-hybridized carbons (Fsp3) is 0.333. The van der Waals surface area contributed by atoms with Crippen LogP contribution in [0.3, 0.4) is 0 Å². The number of para-hydroxylation sites is 1. The van der Waals surface area contributed by atoms with Gasteiger partial charge in [0.25, 0.3) is 0 Å². The second-order valence-corrected chi connectivity index (χ2v) is 5.93. The van der Waals surface area contributed by atoms with E-state index < -0.39 is 0 Å². The van der Waals surface area contributed by atoms with Crippen molar-refractivity contribution >= 4 is 23.8 Å². The van der Waals surface area contributed by atoms with E-state index >= 15 is 0 Å². The Morgan fingerprint density at radius 2 is 1.38 bits per heavy atom. The molecule has 2 nitrogen and oxygen atoms in total. The zero-order valence-corrected chi connectivity index (χ0v) is 14.0. The smallest absolute Gasteiger partial charge is 0.0432 e. The van der Waals surface area contributed by atoms with Gasteiger partial charge in [0.15, 0.2) is 0 Å². The van der Waals surface area contributed by atoms with Crippen LogP contribution < -0.4 is 11.5 Å². The number of benzene rings is 2. The fourth-order valence-electron chi connectivity index (χ4n) is 2.78. The molecule has 0 amide bonds. The lowest BCUT2D eigenvalue weighted by Crippen LogP contribution is -2.06. The largest absolute Gasteiger partial charge is 0.398 e. The van der Waals surface area contributed by atoms with Crippen molar-refractivity contribution in [3.05, 3.63) is 47.5 Å². The van der Waals surface area contributed by atoms with Crippen molar-refractivity contribution in [2.75, 3.05) is 11.5 Å². The van der Waals surface area contributed by atoms with E-state index in [2.05, 4.69) is 39.8 Å². The van der Waals surface area contributed by atoms with E-state index in [0.29, 0.717) is 11.8 Å². The summed E-state index contributed by atoms with van der Waals surface area (Å²) in [5.74, 6) is 0.870. The topological polar surface area (TPSA) is 52.0 Å². The van der Waals surface area contributed by atoms with E-state index in [4.69, 9.17) is 11.5 Å². The summed E-state index contributed by atoms with van der Waals surface area (Å²) in [6.07, 6.45) is 0. The van der Waals surface area contributed by atoms with Crippen LogP contribution in [-0.2, 0) is 0 Å². The molecule has 0 saturated carbocycles. The minimum atomic E-state index is 0. The van der Waals surface area contributed by atoms with Crippen LogP contribution in [0.25, 0.3) is 11.1 Å². The SMILES string of the molecule is CC(C)c1ccc(-c2ccccc2N)c(N)c1C(C)C.Cl. The van der Waals surface area contributed by atoms with Gasteiger partial charge in [-0.25, -0.2) is 0 Å². The van der Waals surface area contributed by atoms with Crippen LogP contribution in [0.5, 0.6) is 0 Å². The molecule has 0 spiro atoms. The Morgan fingerprint density at radius 1 is 0.762 bits per heavy atom. The predicted octanol–water partition coefficient (Wildman–Crippen LogP) is 5.19. The summed E-state index contributed by atoms with van der Waals surface area (Å²) in [5.41, 5.74) is 18.8. The van der Waals surface area contributed by atoms with E-state index in [-0.39, 0.29) is 12.4 Å². The molecule has 0 unspecified atom stereocenters. The van der Waals surface area contributed by atoms with Crippen molar-refractivity contribution in [2.24, 2.45) is 0 Å². The molecule has 0 bridgehead atoms. The monoisotopic (exact) mass is 304 g/mol. The van der Waals surface area contributed by atoms with Gasteiger partial charge in [-0.15, -0.1) is 12.4 Å². The molecule has 0 saturated heterocycles. The van der Waals surface area contributed by atoms with Crippen LogP contribution >= 0.6 is 12.4 Å². The van der Waals surface area contributed by atoms with Crippen molar-refractivity contribution < 1.29 is 0 Å². The molecular formula is C18H25ClN2. The quantitative estimate of drug-likeness (QED) is 0.767. The summed E-state index contributed by atoms with van der Waals surface area (Å²) in [7, 11) is 0. The Kier molecular flexibility index (Phi) is 5.68. The van der Waals surface area contributed by atoms with E-state index in [1.165, 1.54) is 11.1 Å². The highest BCUT2D eigenvalue weighted by atomic mass is 35.5. The fourth-order valence-corrected chi connectivity index (χ4v) is 2.78. The van der Waals surface area contributed by atoms with Gasteiger partial charge in [-0.3, -0.25) is 0 Å². The molecule has 0 aliphatic carbocycles. The lowest BCUT2D eigenvalue weighted by atomic mass is 9.86. The van der Waals surface area contributed by atoms with Gasteiger partial charge in [0, 0.05) is 22.5 Å². The Morgan fingerprint density at radius 3 is 1.90 bits per heavy atom. The van der Waals surface area contributed by atoms with Crippen LogP contribution in [-0.4, -0.2) is 0 Å². The lowest BCUT2D eigenvalue weighted by molar-refractivity contribution is 0.793. The predicted molar refractivity (Wildman–Crippen MR) is 96.1 cm³/mol. The first-order chi connectivity index (χ1) is 9.43. The molecule has 3 heteroatoms. The normalized spacial score (nSPS) is 10.8. The van der Waals surface area contributed by atoms with Gasteiger partial charge in [0.05, 0.1) is 0 Å². The van der Waals surface area contributed by atoms with Gasteiger partial charge in [-0.2, -0.15) is 0 Å². The highest BCUT2D eigenvalue weighted by Gasteiger charge is 2.17. The van der Waals surface area contributed by atoms with E-state index in [1.54, 1.807) is 0 Å². The maximum absolute atomic E-state index is 6.47. The summed E-state index contributed by atoms with van der Waals surface area (Å²) in [4.78, 5) is 0. The third kappa shape index (κ3) is 3.33. The van der Waals surface area contributed by atoms with Gasteiger partial charge in [-0.1, -0.05) is 58.0 Å². The van der Waals surface area contributed by atoms with Gasteiger partial charge in [-0.05, 0) is 29.0 Å². The molecule has 2 aromatic rings. The van der Waals surface area contributed by atoms with Gasteiger partial charge in [0.2, 0.25) is 0 Å². The first kappa shape index (κ1) is 17.4. The zero-order chi connectivity index (χ0) is 14.9. The summed E-state index contributed by atoms with van der Waals surface area (Å²) < 4.78 is 0. The molecule has 0 fully saturated rings. The molecular weight excluding hydrogens is 280 g/mol. The Hall–Kier alpha value is -1.67. The average Bonchev–Trinajstić information content (AvgIpc) is 2.38. The van der Waals surface area contributed by atoms with Crippen molar-refractivity contribution in [1.82, 2.24) is 0 Å². The maximum Gasteiger partial charge on any atom is 0.0432 e. The number of anilines is 2. The molecule has 0 aliphatic rings. The Labute approximate surface area is 134 Å². The maximum atomic E-state index is 6.47. The van der Waals surface area contributed by atoms with Crippen LogP contribution in [0.1, 0.15) is 50.7 Å². The van der Waals surface area contributed by atoms with Crippen molar-refractivity contribution in [2.45, 2.75) is 39.5 Å². The highest BCUT2D eigenvalue weighted by Crippen LogP contribution is 2.39. The minimum absolute atomic E-state index is 0. The summed E-state index contributed by atoms with van der Waals surface area (Å²) in [6, 6.07) is 12.2. The summed E-state index contributed by atoms with van der Waals surface area (Å²) >= 11 is 0. The molecule has 2 rings (SSSR count). The molecule has 0 atom stereocenters. The van der Waals surface area contributed by atoms with E-state index in [1.807, 2.05) is 24.3 Å². The third-order valence-electron chi connectivity index (χ3n) is 3.77. The number of hydrogen-bond acceptors (Lipinski definition) is 2. The molecule has 0 heterocycles. The Balaban J connectivity index is 0.00000220. The standard InChI is InChI=1S/C18H24N2.ClH/c1-11(2)13-9-10-15(18(20)17(13)12(3)4)14-7-5-6-8-16(14)19;/h5-12H,19-20H2,1-4H3;1H. The molecule has 114 valence electrons. The minimum Gasteiger partial charge on any atom is -0.398 e. The number of nitrogens with two attached hydrogens (primary N) is 2. The zero-order valence-electron chi connectivity index (χ0n) is 13.2. The van der Waals surface area contributed by atoms with Crippen molar-refractivity contribution in [1.29, 1.82) is 0 Å². The van der Waals surface area contributed by atoms with Crippen LogP contribution in [0, 0.1) is 0 Å². The number of halogens is 1. The van der Waals surface area contributed by atoms with Crippen LogP contribution in [0.4, 0.5) is 11.4 Å². The van der Waals surface area contributed by atoms with Gasteiger partial charge in [0.1, 0.15) is 0 Å². The second-order valence-electron chi connectivity index (χ2n) is 5.93. The highest BCUT2D eigenvalue weighted by molar-refractivity contribution is 5.86. The molecule has 21 heavy (non-hydrogen) atoms. The summed E-state index contributed by atoms with van der Waals surface area (Å²) in [5, 5.41) is 0. The average molecular weight is 305 g/mol. The van der Waals surface area contributed by atoms with Gasteiger partial charge < -0.3 is 11.5 Å².